The molecule has 0 spiro atoms. The number of ether oxygens (including phenoxy) is 1. The van der Waals surface area contributed by atoms with E-state index in [4.69, 9.17) is 9.84 Å². The highest BCUT2D eigenvalue weighted by Crippen LogP contribution is 2.25. The van der Waals surface area contributed by atoms with Crippen molar-refractivity contribution in [2.24, 2.45) is 5.41 Å². The summed E-state index contributed by atoms with van der Waals surface area (Å²) >= 11 is 1.64. The second-order valence-corrected chi connectivity index (χ2v) is 5.23. The predicted molar refractivity (Wildman–Crippen MR) is 55.4 cm³/mol. The molecule has 0 saturated carbocycles. The van der Waals surface area contributed by atoms with Gasteiger partial charge in [-0.15, -0.1) is 11.3 Å². The van der Waals surface area contributed by atoms with E-state index in [0.717, 1.165) is 5.06 Å². The van der Waals surface area contributed by atoms with Crippen LogP contribution in [0.25, 0.3) is 0 Å². The van der Waals surface area contributed by atoms with Crippen LogP contribution in [-0.4, -0.2) is 18.3 Å². The number of thiophene rings is 1. The van der Waals surface area contributed by atoms with Gasteiger partial charge in [-0.2, -0.15) is 0 Å². The molecule has 1 aromatic rings. The van der Waals surface area contributed by atoms with E-state index in [9.17, 15) is 0 Å². The van der Waals surface area contributed by atoms with Crippen molar-refractivity contribution in [2.75, 3.05) is 13.2 Å². The van der Waals surface area contributed by atoms with Crippen LogP contribution in [-0.2, 0) is 0 Å². The molecule has 1 heterocycles. The zero-order chi connectivity index (χ0) is 9.90. The van der Waals surface area contributed by atoms with Crippen molar-refractivity contribution in [3.8, 4) is 5.06 Å². The van der Waals surface area contributed by atoms with Gasteiger partial charge in [0.15, 0.2) is 5.06 Å². The van der Waals surface area contributed by atoms with Gasteiger partial charge < -0.3 is 9.84 Å². The van der Waals surface area contributed by atoms with Crippen molar-refractivity contribution in [1.82, 2.24) is 0 Å². The molecule has 0 radical (unpaired) electrons. The van der Waals surface area contributed by atoms with Crippen LogP contribution in [0, 0.1) is 12.3 Å². The standard InChI is InChI=1S/C10H16O2S/c1-8-4-5-9(13-8)12-7-10(2,3)6-11/h4-5,11H,6-7H2,1-3H3. The Morgan fingerprint density at radius 1 is 1.46 bits per heavy atom. The van der Waals surface area contributed by atoms with Gasteiger partial charge in [-0.1, -0.05) is 13.8 Å². The van der Waals surface area contributed by atoms with Crippen LogP contribution >= 0.6 is 11.3 Å². The third-order valence-electron chi connectivity index (χ3n) is 1.75. The van der Waals surface area contributed by atoms with Gasteiger partial charge in [-0.05, 0) is 19.1 Å². The summed E-state index contributed by atoms with van der Waals surface area (Å²) < 4.78 is 5.54. The summed E-state index contributed by atoms with van der Waals surface area (Å²) in [7, 11) is 0. The number of hydrogen-bond donors (Lipinski definition) is 1. The van der Waals surface area contributed by atoms with Gasteiger partial charge in [0.05, 0.1) is 13.2 Å². The lowest BCUT2D eigenvalue weighted by Gasteiger charge is -2.20. The molecule has 0 aliphatic heterocycles. The molecule has 0 amide bonds. The summed E-state index contributed by atoms with van der Waals surface area (Å²) in [4.78, 5) is 1.25. The fraction of sp³-hybridized carbons (Fsp3) is 0.600. The van der Waals surface area contributed by atoms with Gasteiger partial charge in [0.2, 0.25) is 0 Å². The van der Waals surface area contributed by atoms with Crippen LogP contribution in [0.4, 0.5) is 0 Å². The summed E-state index contributed by atoms with van der Waals surface area (Å²) in [5.41, 5.74) is -0.155. The van der Waals surface area contributed by atoms with Gasteiger partial charge in [-0.25, -0.2) is 0 Å². The molecule has 1 N–H and O–H groups in total. The van der Waals surface area contributed by atoms with Crippen LogP contribution in [0.15, 0.2) is 12.1 Å². The molecule has 1 rings (SSSR count). The van der Waals surface area contributed by atoms with Crippen molar-refractivity contribution < 1.29 is 9.84 Å². The Kier molecular flexibility index (Phi) is 3.33. The zero-order valence-corrected chi connectivity index (χ0v) is 9.15. The third-order valence-corrected chi connectivity index (χ3v) is 2.66. The predicted octanol–water partition coefficient (Wildman–Crippen LogP) is 2.45. The first kappa shape index (κ1) is 10.5. The molecule has 1 aromatic heterocycles. The second-order valence-electron chi connectivity index (χ2n) is 3.98. The average Bonchev–Trinajstić information content (AvgIpc) is 2.48. The van der Waals surface area contributed by atoms with Gasteiger partial charge >= 0.3 is 0 Å². The first-order valence-electron chi connectivity index (χ1n) is 4.34. The lowest BCUT2D eigenvalue weighted by molar-refractivity contribution is 0.0995. The summed E-state index contributed by atoms with van der Waals surface area (Å²) in [6, 6.07) is 4.00. The number of hydrogen-bond acceptors (Lipinski definition) is 3. The Morgan fingerprint density at radius 3 is 2.62 bits per heavy atom. The van der Waals surface area contributed by atoms with Crippen LogP contribution in [0.5, 0.6) is 5.06 Å². The summed E-state index contributed by atoms with van der Waals surface area (Å²) in [5.74, 6) is 0. The van der Waals surface area contributed by atoms with Crippen molar-refractivity contribution in [2.45, 2.75) is 20.8 Å². The molecular weight excluding hydrogens is 184 g/mol. The van der Waals surface area contributed by atoms with E-state index < -0.39 is 0 Å². The monoisotopic (exact) mass is 200 g/mol. The average molecular weight is 200 g/mol. The smallest absolute Gasteiger partial charge is 0.174 e. The van der Waals surface area contributed by atoms with E-state index in [0.29, 0.717) is 6.61 Å². The lowest BCUT2D eigenvalue weighted by Crippen LogP contribution is -2.25. The van der Waals surface area contributed by atoms with Crippen molar-refractivity contribution in [1.29, 1.82) is 0 Å². The van der Waals surface area contributed by atoms with E-state index in [1.54, 1.807) is 11.3 Å². The molecule has 0 bridgehead atoms. The molecule has 0 atom stereocenters. The molecule has 0 saturated heterocycles. The van der Waals surface area contributed by atoms with Crippen LogP contribution in [0.3, 0.4) is 0 Å². The van der Waals surface area contributed by atoms with E-state index in [1.807, 2.05) is 26.0 Å². The maximum absolute atomic E-state index is 9.00. The maximum atomic E-state index is 9.00. The maximum Gasteiger partial charge on any atom is 0.174 e. The van der Waals surface area contributed by atoms with Crippen LogP contribution in [0.1, 0.15) is 18.7 Å². The fourth-order valence-electron chi connectivity index (χ4n) is 0.802. The van der Waals surface area contributed by atoms with E-state index in [1.165, 1.54) is 4.88 Å². The highest BCUT2D eigenvalue weighted by molar-refractivity contribution is 7.13. The Bertz CT molecular complexity index is 266. The summed E-state index contributed by atoms with van der Waals surface area (Å²) in [6.07, 6.45) is 0. The quantitative estimate of drug-likeness (QED) is 0.809. The van der Waals surface area contributed by atoms with E-state index >= 15 is 0 Å². The molecule has 0 aliphatic carbocycles. The molecular formula is C10H16O2S. The molecule has 74 valence electrons. The Hall–Kier alpha value is -0.540. The number of rotatable bonds is 4. The van der Waals surface area contributed by atoms with Gasteiger partial charge in [0.25, 0.3) is 0 Å². The van der Waals surface area contributed by atoms with Crippen molar-refractivity contribution in [3.05, 3.63) is 17.0 Å². The summed E-state index contributed by atoms with van der Waals surface area (Å²) in [6.45, 7) is 6.72. The normalized spacial score (nSPS) is 11.7. The zero-order valence-electron chi connectivity index (χ0n) is 8.33. The topological polar surface area (TPSA) is 29.5 Å². The number of aliphatic hydroxyl groups excluding tert-OH is 1. The van der Waals surface area contributed by atoms with Gasteiger partial charge in [0, 0.05) is 10.3 Å². The lowest BCUT2D eigenvalue weighted by atomic mass is 9.97. The summed E-state index contributed by atoms with van der Waals surface area (Å²) in [5, 5.41) is 9.93. The first-order valence-corrected chi connectivity index (χ1v) is 5.15. The number of aliphatic hydroxyl groups is 1. The molecule has 0 unspecified atom stereocenters. The van der Waals surface area contributed by atoms with Crippen LogP contribution in [0.2, 0.25) is 0 Å². The van der Waals surface area contributed by atoms with E-state index in [2.05, 4.69) is 6.92 Å². The Labute approximate surface area is 83.2 Å². The molecule has 3 heteroatoms. The molecule has 0 aliphatic rings. The highest BCUT2D eigenvalue weighted by atomic mass is 32.1. The fourth-order valence-corrected chi connectivity index (χ4v) is 1.51. The van der Waals surface area contributed by atoms with E-state index in [-0.39, 0.29) is 12.0 Å². The van der Waals surface area contributed by atoms with Crippen molar-refractivity contribution in [3.63, 3.8) is 0 Å². The number of aryl methyl sites for hydroxylation is 1. The van der Waals surface area contributed by atoms with Gasteiger partial charge in [0.1, 0.15) is 0 Å². The molecule has 13 heavy (non-hydrogen) atoms. The Morgan fingerprint density at radius 2 is 2.15 bits per heavy atom. The molecule has 0 aromatic carbocycles. The first-order chi connectivity index (χ1) is 6.03. The van der Waals surface area contributed by atoms with Crippen LogP contribution < -0.4 is 4.74 Å². The second kappa shape index (κ2) is 4.11. The largest absolute Gasteiger partial charge is 0.483 e. The minimum absolute atomic E-state index is 0.150. The highest BCUT2D eigenvalue weighted by Gasteiger charge is 2.17. The SMILES string of the molecule is Cc1ccc(OCC(C)(C)CO)s1. The molecule has 2 nitrogen and oxygen atoms in total. The Balaban J connectivity index is 2.43. The minimum Gasteiger partial charge on any atom is -0.483 e. The third kappa shape index (κ3) is 3.36. The van der Waals surface area contributed by atoms with Crippen molar-refractivity contribution >= 4 is 11.3 Å². The molecule has 0 fully saturated rings. The minimum atomic E-state index is -0.155. The van der Waals surface area contributed by atoms with Gasteiger partial charge in [-0.3, -0.25) is 0 Å².